The Morgan fingerprint density at radius 1 is 1.53 bits per heavy atom. The molecule has 0 saturated heterocycles. The van der Waals surface area contributed by atoms with Crippen LogP contribution in [0.4, 0.5) is 0 Å². The second-order valence-electron chi connectivity index (χ2n) is 3.73. The second kappa shape index (κ2) is 4.97. The molecule has 0 saturated carbocycles. The molecule has 1 heterocycles. The zero-order chi connectivity index (χ0) is 12.3. The number of aliphatic hydroxyl groups excluding tert-OH is 1. The minimum absolute atomic E-state index is 0.143. The molecule has 0 atom stereocenters. The van der Waals surface area contributed by atoms with Gasteiger partial charge in [-0.05, 0) is 24.6 Å². The number of methoxy groups -OCH3 is 1. The van der Waals surface area contributed by atoms with E-state index < -0.39 is 0 Å². The lowest BCUT2D eigenvalue weighted by Crippen LogP contribution is -2.00. The number of carbonyl (C=O) groups excluding carboxylic acids is 1. The van der Waals surface area contributed by atoms with E-state index in [0.717, 1.165) is 16.9 Å². The van der Waals surface area contributed by atoms with Crippen LogP contribution >= 0.6 is 0 Å². The Morgan fingerprint density at radius 3 is 3.06 bits per heavy atom. The fourth-order valence-electron chi connectivity index (χ4n) is 1.67. The van der Waals surface area contributed by atoms with Gasteiger partial charge in [0.25, 0.3) is 0 Å². The van der Waals surface area contributed by atoms with Gasteiger partial charge >= 0.3 is 5.97 Å². The van der Waals surface area contributed by atoms with Crippen molar-refractivity contribution in [1.29, 1.82) is 0 Å². The molecule has 5 nitrogen and oxygen atoms in total. The Kier molecular flexibility index (Phi) is 3.39. The average Bonchev–Trinajstić information content (AvgIpc) is 2.76. The van der Waals surface area contributed by atoms with Crippen molar-refractivity contribution in [2.24, 2.45) is 0 Å². The van der Waals surface area contributed by atoms with Crippen LogP contribution in [0.5, 0.6) is 0 Å². The molecule has 5 heteroatoms. The van der Waals surface area contributed by atoms with Gasteiger partial charge in [0.2, 0.25) is 0 Å². The van der Waals surface area contributed by atoms with Crippen LogP contribution in [0.3, 0.4) is 0 Å². The average molecular weight is 234 g/mol. The molecule has 0 aliphatic rings. The largest absolute Gasteiger partial charge is 0.465 e. The molecule has 2 N–H and O–H groups in total. The number of hydrogen-bond acceptors (Lipinski definition) is 4. The van der Waals surface area contributed by atoms with E-state index in [9.17, 15) is 4.79 Å². The van der Waals surface area contributed by atoms with Crippen molar-refractivity contribution in [3.63, 3.8) is 0 Å². The third-order valence-corrected chi connectivity index (χ3v) is 2.52. The van der Waals surface area contributed by atoms with Crippen LogP contribution in [-0.4, -0.2) is 34.8 Å². The number of nitrogens with zero attached hydrogens (tertiary/aromatic N) is 1. The molecule has 0 bridgehead atoms. The number of hydrogen-bond donors (Lipinski definition) is 2. The third kappa shape index (κ3) is 2.45. The van der Waals surface area contributed by atoms with Crippen molar-refractivity contribution >= 4 is 17.0 Å². The number of fused-ring (bicyclic) bond motifs is 1. The van der Waals surface area contributed by atoms with Gasteiger partial charge in [0.15, 0.2) is 0 Å². The summed E-state index contributed by atoms with van der Waals surface area (Å²) in [5.74, 6) is 0.453. The maximum Gasteiger partial charge on any atom is 0.337 e. The Labute approximate surface area is 98.4 Å². The third-order valence-electron chi connectivity index (χ3n) is 2.52. The summed E-state index contributed by atoms with van der Waals surface area (Å²) in [5.41, 5.74) is 2.11. The van der Waals surface area contributed by atoms with Gasteiger partial charge in [0, 0.05) is 13.0 Å². The lowest BCUT2D eigenvalue weighted by molar-refractivity contribution is 0.0601. The number of esters is 1. The summed E-state index contributed by atoms with van der Waals surface area (Å²) in [6, 6.07) is 5.18. The van der Waals surface area contributed by atoms with Crippen molar-refractivity contribution in [2.75, 3.05) is 13.7 Å². The second-order valence-corrected chi connectivity index (χ2v) is 3.73. The summed E-state index contributed by atoms with van der Waals surface area (Å²) in [4.78, 5) is 18.8. The van der Waals surface area contributed by atoms with E-state index in [1.165, 1.54) is 7.11 Å². The molecule has 2 rings (SSSR count). The zero-order valence-corrected chi connectivity index (χ0v) is 9.56. The van der Waals surface area contributed by atoms with Gasteiger partial charge in [-0.1, -0.05) is 0 Å². The molecule has 0 spiro atoms. The summed E-state index contributed by atoms with van der Waals surface area (Å²) in [7, 11) is 1.35. The summed E-state index contributed by atoms with van der Waals surface area (Å²) in [6.07, 6.45) is 1.36. The lowest BCUT2D eigenvalue weighted by atomic mass is 10.2. The molecule has 2 aromatic rings. The number of carbonyl (C=O) groups is 1. The lowest BCUT2D eigenvalue weighted by Gasteiger charge is -1.97. The van der Waals surface area contributed by atoms with Gasteiger partial charge < -0.3 is 14.8 Å². The molecule has 0 unspecified atom stereocenters. The van der Waals surface area contributed by atoms with Crippen LogP contribution < -0.4 is 0 Å². The number of aromatic nitrogens is 2. The van der Waals surface area contributed by atoms with Crippen LogP contribution in [0, 0.1) is 0 Å². The molecule has 17 heavy (non-hydrogen) atoms. The quantitative estimate of drug-likeness (QED) is 0.781. The minimum Gasteiger partial charge on any atom is -0.465 e. The number of nitrogens with one attached hydrogen (secondary N) is 1. The summed E-state index contributed by atoms with van der Waals surface area (Å²) < 4.78 is 4.65. The van der Waals surface area contributed by atoms with Crippen LogP contribution in [0.1, 0.15) is 22.6 Å². The monoisotopic (exact) mass is 234 g/mol. The first-order valence-electron chi connectivity index (χ1n) is 5.42. The summed E-state index contributed by atoms with van der Waals surface area (Å²) in [6.45, 7) is 0.143. The molecule has 1 aromatic carbocycles. The normalized spacial score (nSPS) is 10.7. The Bertz CT molecular complexity index is 534. The molecule has 0 aliphatic carbocycles. The number of aliphatic hydroxyl groups is 1. The number of H-pyrrole nitrogens is 1. The highest BCUT2D eigenvalue weighted by atomic mass is 16.5. The van der Waals surface area contributed by atoms with Crippen LogP contribution in [0.2, 0.25) is 0 Å². The number of aryl methyl sites for hydroxylation is 1. The van der Waals surface area contributed by atoms with Crippen molar-refractivity contribution in [3.8, 4) is 0 Å². The molecule has 0 aliphatic heterocycles. The van der Waals surface area contributed by atoms with Gasteiger partial charge in [0.1, 0.15) is 5.82 Å². The molecule has 1 aromatic heterocycles. The Balaban J connectivity index is 2.31. The van der Waals surface area contributed by atoms with Crippen LogP contribution in [0.25, 0.3) is 11.0 Å². The van der Waals surface area contributed by atoms with E-state index in [0.29, 0.717) is 18.4 Å². The van der Waals surface area contributed by atoms with Gasteiger partial charge in [-0.2, -0.15) is 0 Å². The maximum atomic E-state index is 11.3. The Morgan fingerprint density at radius 2 is 2.35 bits per heavy atom. The fraction of sp³-hybridized carbons (Fsp3) is 0.333. The van der Waals surface area contributed by atoms with Gasteiger partial charge in [-0.25, -0.2) is 9.78 Å². The molecule has 90 valence electrons. The van der Waals surface area contributed by atoms with Gasteiger partial charge in [0.05, 0.1) is 23.7 Å². The zero-order valence-electron chi connectivity index (χ0n) is 9.56. The standard InChI is InChI=1S/C12H14N2O3/c1-17-12(16)8-4-5-9-10(7-8)14-11(13-9)3-2-6-15/h4-5,7,15H,2-3,6H2,1H3,(H,13,14). The van der Waals surface area contributed by atoms with Crippen LogP contribution in [-0.2, 0) is 11.2 Å². The predicted octanol–water partition coefficient (Wildman–Crippen LogP) is 1.27. The minimum atomic E-state index is -0.363. The first kappa shape index (κ1) is 11.6. The predicted molar refractivity (Wildman–Crippen MR) is 62.8 cm³/mol. The van der Waals surface area contributed by atoms with E-state index in [-0.39, 0.29) is 12.6 Å². The summed E-state index contributed by atoms with van der Waals surface area (Å²) in [5, 5.41) is 8.75. The van der Waals surface area contributed by atoms with Crippen molar-refractivity contribution < 1.29 is 14.6 Å². The molecule has 0 fully saturated rings. The van der Waals surface area contributed by atoms with Gasteiger partial charge in [-0.15, -0.1) is 0 Å². The van der Waals surface area contributed by atoms with E-state index in [1.807, 2.05) is 0 Å². The number of imidazole rings is 1. The summed E-state index contributed by atoms with van der Waals surface area (Å²) >= 11 is 0. The topological polar surface area (TPSA) is 75.2 Å². The number of benzene rings is 1. The maximum absolute atomic E-state index is 11.3. The van der Waals surface area contributed by atoms with E-state index in [1.54, 1.807) is 18.2 Å². The fourth-order valence-corrected chi connectivity index (χ4v) is 1.67. The van der Waals surface area contributed by atoms with E-state index in [2.05, 4.69) is 14.7 Å². The first-order valence-corrected chi connectivity index (χ1v) is 5.42. The Hall–Kier alpha value is -1.88. The van der Waals surface area contributed by atoms with E-state index in [4.69, 9.17) is 5.11 Å². The molecular weight excluding hydrogens is 220 g/mol. The first-order chi connectivity index (χ1) is 8.24. The van der Waals surface area contributed by atoms with Crippen molar-refractivity contribution in [1.82, 2.24) is 9.97 Å². The van der Waals surface area contributed by atoms with Crippen LogP contribution in [0.15, 0.2) is 18.2 Å². The van der Waals surface area contributed by atoms with Gasteiger partial charge in [-0.3, -0.25) is 0 Å². The number of rotatable bonds is 4. The number of aromatic amines is 1. The number of ether oxygens (including phenoxy) is 1. The molecular formula is C12H14N2O3. The highest BCUT2D eigenvalue weighted by Gasteiger charge is 2.08. The van der Waals surface area contributed by atoms with E-state index >= 15 is 0 Å². The smallest absolute Gasteiger partial charge is 0.337 e. The molecule has 0 amide bonds. The van der Waals surface area contributed by atoms with Crippen molar-refractivity contribution in [3.05, 3.63) is 29.6 Å². The SMILES string of the molecule is COC(=O)c1ccc2nc(CCCO)[nH]c2c1. The molecule has 0 radical (unpaired) electrons. The highest BCUT2D eigenvalue weighted by molar-refractivity contribution is 5.93. The van der Waals surface area contributed by atoms with Crippen molar-refractivity contribution in [2.45, 2.75) is 12.8 Å². The highest BCUT2D eigenvalue weighted by Crippen LogP contribution is 2.15.